The number of aromatic carboxylic acids is 1. The minimum absolute atomic E-state index is 0. The van der Waals surface area contributed by atoms with E-state index in [1.54, 1.807) is 12.1 Å². The van der Waals surface area contributed by atoms with E-state index in [0.29, 0.717) is 0 Å². The van der Waals surface area contributed by atoms with Crippen molar-refractivity contribution in [2.45, 2.75) is 300 Å². The summed E-state index contributed by atoms with van der Waals surface area (Å²) in [6.45, 7) is 33.1. The Hall–Kier alpha value is -4.61. The van der Waals surface area contributed by atoms with E-state index in [2.05, 4.69) is 209 Å². The quantitative estimate of drug-likeness (QED) is 0.0520. The Labute approximate surface area is 552 Å². The molecule has 476 valence electrons. The van der Waals surface area contributed by atoms with E-state index >= 15 is 0 Å². The van der Waals surface area contributed by atoms with E-state index in [1.165, 1.54) is 107 Å². The zero-order valence-corrected chi connectivity index (χ0v) is 60.4. The molecular weight excluding hydrogens is 1140 g/mol. The minimum Gasteiger partial charge on any atom is -0.655 e. The number of hydrogen-bond donors (Lipinski definition) is 3. The molecule has 7 nitrogen and oxygen atoms in total. The topological polar surface area (TPSA) is 92.8 Å². The van der Waals surface area contributed by atoms with Gasteiger partial charge in [-0.2, -0.15) is 0 Å². The third-order valence-corrected chi connectivity index (χ3v) is 21.1. The number of unbranched alkanes of at least 4 members (excludes halogenated alkanes) is 6. The van der Waals surface area contributed by atoms with Gasteiger partial charge in [0.2, 0.25) is 0 Å². The van der Waals surface area contributed by atoms with Crippen molar-refractivity contribution in [2.24, 2.45) is 5.92 Å². The molecule has 0 amide bonds. The molecule has 5 fully saturated rings. The van der Waals surface area contributed by atoms with E-state index in [1.807, 2.05) is 12.1 Å². The van der Waals surface area contributed by atoms with Crippen LogP contribution in [0.15, 0.2) is 109 Å². The van der Waals surface area contributed by atoms with Crippen molar-refractivity contribution in [3.05, 3.63) is 175 Å². The second-order valence-electron chi connectivity index (χ2n) is 31.9. The number of carbonyl (C=O) groups is 1. The van der Waals surface area contributed by atoms with Crippen molar-refractivity contribution in [2.75, 3.05) is 4.90 Å². The van der Waals surface area contributed by atoms with Gasteiger partial charge in [0.25, 0.3) is 0 Å². The standard InChI is InChI=1S/C81H111N5O2.Zn/c1-15-17-19-21-23-53-27-34-63(35-28-53)86(64-36-29-54(30-37-64)24-22-20-18-16-2)76-72-45-43-70(84-72)74(57-47-59(78(3,4)5)51-60(48-57)79(6,7)8)68-41-39-66(82-68)65(38-31-55-25-32-56(33-26-55)77(87)88)67-40-42-69(83-67)75(71-44-46-73(76)85-71)58-49-61(80(9,10)11)52-62(50-58)81(12,13)14;/h25-30,32-37,47-52,65-76,82,85H,15-24,39-46H2,1-14H3,(H,87,88);/q-2;. The van der Waals surface area contributed by atoms with Gasteiger partial charge >= 0.3 is 5.97 Å². The molecule has 89 heavy (non-hydrogen) atoms. The van der Waals surface area contributed by atoms with E-state index in [9.17, 15) is 9.90 Å². The fraction of sp³-hybridized carbons (Fsp3) is 0.593. The molecular formula is C81H111N5O2Zn-2. The number of hydrogen-bond acceptors (Lipinski definition) is 4. The number of rotatable bonds is 16. The molecule has 12 unspecified atom stereocenters. The van der Waals surface area contributed by atoms with Crippen LogP contribution in [0.3, 0.4) is 0 Å². The minimum atomic E-state index is -0.920. The Balaban J connectivity index is 0.00000941. The SMILES string of the molecule is CCCCCCc1ccc(N(c2ccc(CCCCCC)cc2)C2C3CCC([N-]3)C(c3cc(C(C)(C)C)cc(C(C)(C)C)c3)C3CCC(N3)C(C#Cc3ccc(C(=O)O)cc3)C3CCC([N-]3)C(c3cc(C(C)(C)C)cc(C(C)(C)C)c3)C3CCC2N3)cc1.[Zn]. The molecule has 3 N–H and O–H groups in total. The summed E-state index contributed by atoms with van der Waals surface area (Å²) >= 11 is 0. The molecule has 10 rings (SSSR count). The van der Waals surface area contributed by atoms with Crippen molar-refractivity contribution >= 4 is 17.3 Å². The molecule has 5 aromatic rings. The van der Waals surface area contributed by atoms with Crippen LogP contribution in [-0.4, -0.2) is 65.5 Å². The van der Waals surface area contributed by atoms with Gasteiger partial charge in [-0.05, 0) is 178 Å². The maximum atomic E-state index is 12.0. The van der Waals surface area contributed by atoms with Gasteiger partial charge in [0, 0.05) is 72.5 Å². The number of nitrogens with zero attached hydrogens (tertiary/aromatic N) is 3. The van der Waals surface area contributed by atoms with Crippen LogP contribution in [0.2, 0.25) is 0 Å². The van der Waals surface area contributed by atoms with Crippen molar-refractivity contribution in [3.8, 4) is 11.8 Å². The molecule has 8 bridgehead atoms. The average Bonchev–Trinajstić information content (AvgIpc) is 1.84. The van der Waals surface area contributed by atoms with Crippen LogP contribution in [0, 0.1) is 17.8 Å². The fourth-order valence-corrected chi connectivity index (χ4v) is 15.7. The first-order valence-corrected chi connectivity index (χ1v) is 34.9. The van der Waals surface area contributed by atoms with Gasteiger partial charge in [-0.25, -0.2) is 4.79 Å². The maximum absolute atomic E-state index is 12.0. The summed E-state index contributed by atoms with van der Waals surface area (Å²) in [4.78, 5) is 14.8. The van der Waals surface area contributed by atoms with Crippen molar-refractivity contribution in [3.63, 3.8) is 0 Å². The Bertz CT molecular complexity index is 2940. The van der Waals surface area contributed by atoms with Crippen LogP contribution in [0.4, 0.5) is 11.4 Å². The monoisotopic (exact) mass is 1250 g/mol. The Morgan fingerprint density at radius 3 is 1.30 bits per heavy atom. The van der Waals surface area contributed by atoms with Gasteiger partial charge in [-0.3, -0.25) is 0 Å². The Kier molecular flexibility index (Phi) is 22.5. The molecule has 0 aliphatic carbocycles. The second kappa shape index (κ2) is 29.1. The summed E-state index contributed by atoms with van der Waals surface area (Å²) in [5.74, 6) is 6.92. The van der Waals surface area contributed by atoms with Gasteiger partial charge in [-0.1, -0.05) is 234 Å². The first kappa shape index (κ1) is 68.8. The normalized spacial score (nSPS) is 26.4. The first-order valence-electron chi connectivity index (χ1n) is 34.9. The van der Waals surface area contributed by atoms with E-state index in [-0.39, 0.29) is 119 Å². The molecule has 5 aromatic carbocycles. The molecule has 5 aliphatic rings. The van der Waals surface area contributed by atoms with E-state index in [0.717, 1.165) is 69.8 Å². The summed E-state index contributed by atoms with van der Waals surface area (Å²) in [5.41, 5.74) is 14.8. The van der Waals surface area contributed by atoms with Crippen molar-refractivity contribution < 1.29 is 29.4 Å². The third kappa shape index (κ3) is 16.6. The van der Waals surface area contributed by atoms with Gasteiger partial charge in [-0.15, -0.1) is 24.2 Å². The van der Waals surface area contributed by atoms with Crippen LogP contribution in [-0.2, 0) is 54.0 Å². The maximum Gasteiger partial charge on any atom is 0.335 e. The smallest absolute Gasteiger partial charge is 0.335 e. The molecule has 12 atom stereocenters. The molecule has 5 aliphatic heterocycles. The largest absolute Gasteiger partial charge is 0.655 e. The number of carboxylic acids is 1. The number of nitrogens with one attached hydrogen (secondary N) is 2. The van der Waals surface area contributed by atoms with E-state index < -0.39 is 5.97 Å². The summed E-state index contributed by atoms with van der Waals surface area (Å²) in [6.07, 6.45) is 20.5. The Morgan fingerprint density at radius 1 is 0.483 bits per heavy atom. The Morgan fingerprint density at radius 2 is 0.876 bits per heavy atom. The summed E-state index contributed by atoms with van der Waals surface area (Å²) < 4.78 is 0. The number of carboxylic acid groups (broad SMARTS) is 1. The van der Waals surface area contributed by atoms with Gasteiger partial charge in [0.15, 0.2) is 0 Å². The molecule has 0 radical (unpaired) electrons. The van der Waals surface area contributed by atoms with Crippen LogP contribution in [0.1, 0.15) is 272 Å². The summed E-state index contributed by atoms with van der Waals surface area (Å²) in [6, 6.07) is 43.1. The van der Waals surface area contributed by atoms with Crippen molar-refractivity contribution in [1.82, 2.24) is 10.6 Å². The summed E-state index contributed by atoms with van der Waals surface area (Å²) in [5, 5.41) is 31.5. The molecule has 0 aromatic heterocycles. The number of benzene rings is 5. The van der Waals surface area contributed by atoms with Gasteiger partial charge in [0.05, 0.1) is 5.56 Å². The van der Waals surface area contributed by atoms with Crippen LogP contribution in [0.25, 0.3) is 10.6 Å². The van der Waals surface area contributed by atoms with Crippen LogP contribution < -0.4 is 15.5 Å². The predicted molar refractivity (Wildman–Crippen MR) is 372 cm³/mol. The number of fused-ring (bicyclic) bond motifs is 8. The molecule has 5 saturated heterocycles. The van der Waals surface area contributed by atoms with E-state index in [4.69, 9.17) is 10.6 Å². The summed E-state index contributed by atoms with van der Waals surface area (Å²) in [7, 11) is 0. The third-order valence-electron chi connectivity index (χ3n) is 21.1. The van der Waals surface area contributed by atoms with Crippen LogP contribution in [0.5, 0.6) is 0 Å². The zero-order chi connectivity index (χ0) is 62.7. The number of anilines is 2. The van der Waals surface area contributed by atoms with Gasteiger partial charge < -0.3 is 31.3 Å². The fourth-order valence-electron chi connectivity index (χ4n) is 15.7. The molecule has 8 heteroatoms. The van der Waals surface area contributed by atoms with Crippen LogP contribution >= 0.6 is 0 Å². The first-order chi connectivity index (χ1) is 41.9. The molecule has 0 spiro atoms. The zero-order valence-electron chi connectivity index (χ0n) is 57.5. The van der Waals surface area contributed by atoms with Crippen molar-refractivity contribution in [1.29, 1.82) is 0 Å². The average molecular weight is 1250 g/mol. The molecule has 5 heterocycles. The predicted octanol–water partition coefficient (Wildman–Crippen LogP) is 19.6. The number of aryl methyl sites for hydroxylation is 2. The van der Waals surface area contributed by atoms with Gasteiger partial charge in [0.1, 0.15) is 0 Å². The molecule has 0 saturated carbocycles. The second-order valence-corrected chi connectivity index (χ2v) is 31.9.